The summed E-state index contributed by atoms with van der Waals surface area (Å²) in [5, 5.41) is 0. The second kappa shape index (κ2) is 7.75. The van der Waals surface area contributed by atoms with Crippen LogP contribution in [0.25, 0.3) is 0 Å². The maximum absolute atomic E-state index is 5.96. The van der Waals surface area contributed by atoms with Crippen molar-refractivity contribution in [1.29, 1.82) is 0 Å². The van der Waals surface area contributed by atoms with Gasteiger partial charge in [0.15, 0.2) is 11.5 Å². The fourth-order valence-electron chi connectivity index (χ4n) is 2.55. The Morgan fingerprint density at radius 3 is 2.65 bits per heavy atom. The third kappa shape index (κ3) is 4.43. The highest BCUT2D eigenvalue weighted by atomic mass is 32.2. The van der Waals surface area contributed by atoms with E-state index in [1.807, 2.05) is 30.3 Å². The van der Waals surface area contributed by atoms with Crippen molar-refractivity contribution < 1.29 is 14.2 Å². The molecule has 1 aliphatic heterocycles. The van der Waals surface area contributed by atoms with Crippen LogP contribution in [0, 0.1) is 5.92 Å². The van der Waals surface area contributed by atoms with Crippen molar-refractivity contribution >= 4 is 11.8 Å². The average Bonchev–Trinajstić information content (AvgIpc) is 2.99. The first-order chi connectivity index (χ1) is 11.2. The first kappa shape index (κ1) is 16.2. The smallest absolute Gasteiger partial charge is 0.162 e. The molecule has 1 heterocycles. The molecule has 0 bridgehead atoms. The van der Waals surface area contributed by atoms with E-state index in [1.54, 1.807) is 18.9 Å². The number of benzene rings is 2. The minimum Gasteiger partial charge on any atom is -0.493 e. The highest BCUT2D eigenvalue weighted by Gasteiger charge is 2.23. The van der Waals surface area contributed by atoms with Crippen LogP contribution in [0.15, 0.2) is 53.4 Å². The summed E-state index contributed by atoms with van der Waals surface area (Å²) >= 11 is 1.75. The lowest BCUT2D eigenvalue weighted by Crippen LogP contribution is -2.00. The third-order valence-electron chi connectivity index (χ3n) is 3.80. The van der Waals surface area contributed by atoms with Crippen molar-refractivity contribution in [2.75, 3.05) is 13.7 Å². The van der Waals surface area contributed by atoms with Crippen LogP contribution in [0.4, 0.5) is 0 Å². The SMILES string of the molecule is COc1ccc(SC2C[C@@H](C)CO2)cc1OCc1ccccc1. The monoisotopic (exact) mass is 330 g/mol. The van der Waals surface area contributed by atoms with Crippen LogP contribution < -0.4 is 9.47 Å². The van der Waals surface area contributed by atoms with Gasteiger partial charge in [-0.2, -0.15) is 0 Å². The van der Waals surface area contributed by atoms with E-state index < -0.39 is 0 Å². The van der Waals surface area contributed by atoms with Crippen molar-refractivity contribution in [2.24, 2.45) is 5.92 Å². The van der Waals surface area contributed by atoms with Gasteiger partial charge in [-0.1, -0.05) is 49.0 Å². The predicted molar refractivity (Wildman–Crippen MR) is 93.1 cm³/mol. The molecule has 1 saturated heterocycles. The van der Waals surface area contributed by atoms with E-state index in [2.05, 4.69) is 25.1 Å². The lowest BCUT2D eigenvalue weighted by Gasteiger charge is -2.14. The molecule has 1 fully saturated rings. The highest BCUT2D eigenvalue weighted by Crippen LogP contribution is 2.37. The summed E-state index contributed by atoms with van der Waals surface area (Å²) in [4.78, 5) is 1.15. The largest absolute Gasteiger partial charge is 0.493 e. The molecule has 122 valence electrons. The van der Waals surface area contributed by atoms with E-state index in [0.717, 1.165) is 35.0 Å². The molecule has 1 unspecified atom stereocenters. The number of methoxy groups -OCH3 is 1. The van der Waals surface area contributed by atoms with Crippen LogP contribution in [0.3, 0.4) is 0 Å². The van der Waals surface area contributed by atoms with Crippen LogP contribution in [0.2, 0.25) is 0 Å². The number of ether oxygens (including phenoxy) is 3. The number of rotatable bonds is 6. The Balaban J connectivity index is 1.68. The van der Waals surface area contributed by atoms with Crippen molar-refractivity contribution in [1.82, 2.24) is 0 Å². The Labute approximate surface area is 142 Å². The molecule has 4 heteroatoms. The number of hydrogen-bond acceptors (Lipinski definition) is 4. The summed E-state index contributed by atoms with van der Waals surface area (Å²) in [6, 6.07) is 16.2. The summed E-state index contributed by atoms with van der Waals surface area (Å²) in [6.07, 6.45) is 1.09. The first-order valence-electron chi connectivity index (χ1n) is 7.87. The molecule has 1 aliphatic rings. The van der Waals surface area contributed by atoms with Gasteiger partial charge in [-0.15, -0.1) is 0 Å². The van der Waals surface area contributed by atoms with Gasteiger partial charge in [0.2, 0.25) is 0 Å². The zero-order chi connectivity index (χ0) is 16.1. The standard InChI is InChI=1S/C19H22O3S/c1-14-10-19(22-12-14)23-16-8-9-17(20-2)18(11-16)21-13-15-6-4-3-5-7-15/h3-9,11,14,19H,10,12-13H2,1-2H3/t14-,19?/m1/s1. The van der Waals surface area contributed by atoms with Gasteiger partial charge >= 0.3 is 0 Å². The lowest BCUT2D eigenvalue weighted by atomic mass is 10.2. The molecule has 0 aromatic heterocycles. The van der Waals surface area contributed by atoms with E-state index in [9.17, 15) is 0 Å². The molecule has 2 aromatic rings. The van der Waals surface area contributed by atoms with Gasteiger partial charge < -0.3 is 14.2 Å². The summed E-state index contributed by atoms with van der Waals surface area (Å²) in [5.41, 5.74) is 1.38. The van der Waals surface area contributed by atoms with Crippen LogP contribution in [0.1, 0.15) is 18.9 Å². The van der Waals surface area contributed by atoms with E-state index in [0.29, 0.717) is 12.5 Å². The summed E-state index contributed by atoms with van der Waals surface area (Å²) in [5.74, 6) is 2.16. The molecule has 0 saturated carbocycles. The van der Waals surface area contributed by atoms with Crippen molar-refractivity contribution in [2.45, 2.75) is 30.3 Å². The van der Waals surface area contributed by atoms with Gasteiger partial charge in [-0.05, 0) is 36.1 Å². The summed E-state index contributed by atoms with van der Waals surface area (Å²) in [6.45, 7) is 3.61. The Hall–Kier alpha value is -1.65. The maximum Gasteiger partial charge on any atom is 0.162 e. The fourth-order valence-corrected chi connectivity index (χ4v) is 3.75. The summed E-state index contributed by atoms with van der Waals surface area (Å²) < 4.78 is 17.2. The van der Waals surface area contributed by atoms with E-state index in [4.69, 9.17) is 14.2 Å². The van der Waals surface area contributed by atoms with Gasteiger partial charge in [0.1, 0.15) is 12.0 Å². The van der Waals surface area contributed by atoms with E-state index >= 15 is 0 Å². The molecule has 0 spiro atoms. The molecule has 2 atom stereocenters. The van der Waals surface area contributed by atoms with Crippen molar-refractivity contribution in [3.05, 3.63) is 54.1 Å². The highest BCUT2D eigenvalue weighted by molar-refractivity contribution is 7.99. The van der Waals surface area contributed by atoms with Crippen molar-refractivity contribution in [3.8, 4) is 11.5 Å². The summed E-state index contributed by atoms with van der Waals surface area (Å²) in [7, 11) is 1.67. The molecule has 0 N–H and O–H groups in total. The predicted octanol–water partition coefficient (Wildman–Crippen LogP) is 4.75. The zero-order valence-corrected chi connectivity index (χ0v) is 14.3. The molecule has 2 aromatic carbocycles. The molecular formula is C19H22O3S. The molecule has 0 aliphatic carbocycles. The van der Waals surface area contributed by atoms with Gasteiger partial charge in [-0.3, -0.25) is 0 Å². The van der Waals surface area contributed by atoms with Crippen LogP contribution in [-0.4, -0.2) is 19.2 Å². The van der Waals surface area contributed by atoms with Crippen molar-refractivity contribution in [3.63, 3.8) is 0 Å². The first-order valence-corrected chi connectivity index (χ1v) is 8.75. The molecule has 0 radical (unpaired) electrons. The molecule has 0 amide bonds. The van der Waals surface area contributed by atoms with Gasteiger partial charge in [-0.25, -0.2) is 0 Å². The second-order valence-electron chi connectivity index (χ2n) is 5.81. The van der Waals surface area contributed by atoms with E-state index in [-0.39, 0.29) is 5.44 Å². The normalized spacial score (nSPS) is 20.4. The second-order valence-corrected chi connectivity index (χ2v) is 7.04. The minimum atomic E-state index is 0.236. The zero-order valence-electron chi connectivity index (χ0n) is 13.5. The van der Waals surface area contributed by atoms with Crippen LogP contribution >= 0.6 is 11.8 Å². The Morgan fingerprint density at radius 2 is 1.96 bits per heavy atom. The van der Waals surface area contributed by atoms with Gasteiger partial charge in [0, 0.05) is 4.90 Å². The van der Waals surface area contributed by atoms with E-state index in [1.165, 1.54) is 0 Å². The molecule has 23 heavy (non-hydrogen) atoms. The quantitative estimate of drug-likeness (QED) is 0.764. The maximum atomic E-state index is 5.96. The van der Waals surface area contributed by atoms with Crippen LogP contribution in [0.5, 0.6) is 11.5 Å². The number of thioether (sulfide) groups is 1. The minimum absolute atomic E-state index is 0.236. The molecular weight excluding hydrogens is 308 g/mol. The van der Waals surface area contributed by atoms with Gasteiger partial charge in [0.25, 0.3) is 0 Å². The molecule has 3 nitrogen and oxygen atoms in total. The third-order valence-corrected chi connectivity index (χ3v) is 4.92. The molecule has 3 rings (SSSR count). The average molecular weight is 330 g/mol. The Kier molecular flexibility index (Phi) is 5.47. The topological polar surface area (TPSA) is 27.7 Å². The van der Waals surface area contributed by atoms with Gasteiger partial charge in [0.05, 0.1) is 13.7 Å². The fraction of sp³-hybridized carbons (Fsp3) is 0.368. The Bertz CT molecular complexity index is 630. The lowest BCUT2D eigenvalue weighted by molar-refractivity contribution is 0.166. The Morgan fingerprint density at radius 1 is 1.13 bits per heavy atom. The van der Waals surface area contributed by atoms with Crippen LogP contribution in [-0.2, 0) is 11.3 Å². The number of hydrogen-bond donors (Lipinski definition) is 0.